The molecule has 0 fully saturated rings. The average molecular weight is 222 g/mol. The summed E-state index contributed by atoms with van der Waals surface area (Å²) in [5.41, 5.74) is 11.4. The molecule has 1 heterocycles. The molecule has 0 atom stereocenters. The maximum absolute atomic E-state index is 5.71. The Hall–Kier alpha value is -2.22. The molecule has 3 aromatic rings. The molecule has 0 aliphatic heterocycles. The lowest BCUT2D eigenvalue weighted by molar-refractivity contribution is 1.45. The van der Waals surface area contributed by atoms with Crippen molar-refractivity contribution in [2.24, 2.45) is 0 Å². The van der Waals surface area contributed by atoms with Crippen LogP contribution in [0, 0.1) is 6.92 Å². The fraction of sp³-hybridized carbons (Fsp3) is 0.0667. The molecule has 3 N–H and O–H groups in total. The second-order valence-corrected chi connectivity index (χ2v) is 4.37. The smallest absolute Gasteiger partial charge is 0.0460 e. The molecule has 1 aromatic heterocycles. The average Bonchev–Trinajstić information content (AvgIpc) is 2.73. The molecule has 84 valence electrons. The summed E-state index contributed by atoms with van der Waals surface area (Å²) >= 11 is 0. The fourth-order valence-electron chi connectivity index (χ4n) is 2.14. The molecule has 2 aromatic carbocycles. The summed E-state index contributed by atoms with van der Waals surface area (Å²) in [6.45, 7) is 2.11. The molecule has 2 nitrogen and oxygen atoms in total. The Balaban J connectivity index is 2.23. The van der Waals surface area contributed by atoms with Gasteiger partial charge in [0.05, 0.1) is 0 Å². The topological polar surface area (TPSA) is 41.8 Å². The van der Waals surface area contributed by atoms with Crippen molar-refractivity contribution in [1.82, 2.24) is 4.98 Å². The number of hydrogen-bond donors (Lipinski definition) is 2. The minimum Gasteiger partial charge on any atom is -0.399 e. The van der Waals surface area contributed by atoms with E-state index in [-0.39, 0.29) is 0 Å². The first-order chi connectivity index (χ1) is 8.24. The lowest BCUT2D eigenvalue weighted by atomic mass is 10.0. The Kier molecular flexibility index (Phi) is 2.15. The quantitative estimate of drug-likeness (QED) is 0.605. The van der Waals surface area contributed by atoms with Gasteiger partial charge < -0.3 is 10.7 Å². The molecule has 17 heavy (non-hydrogen) atoms. The minimum absolute atomic E-state index is 0.796. The monoisotopic (exact) mass is 222 g/mol. The molecule has 0 radical (unpaired) electrons. The molecule has 0 aliphatic rings. The standard InChI is InChI=1S/C15H14N2/c1-10-2-7-15-13(8-10)14(9-17-15)11-3-5-12(16)6-4-11/h2-9,17H,16H2,1H3. The lowest BCUT2D eigenvalue weighted by Gasteiger charge is -2.01. The predicted molar refractivity (Wildman–Crippen MR) is 72.9 cm³/mol. The van der Waals surface area contributed by atoms with E-state index in [1.54, 1.807) is 0 Å². The van der Waals surface area contributed by atoms with Crippen LogP contribution >= 0.6 is 0 Å². The van der Waals surface area contributed by atoms with E-state index in [0.29, 0.717) is 0 Å². The number of anilines is 1. The lowest BCUT2D eigenvalue weighted by Crippen LogP contribution is -1.83. The molecule has 0 aliphatic carbocycles. The Labute approximate surface area is 100 Å². The van der Waals surface area contributed by atoms with Gasteiger partial charge in [-0.25, -0.2) is 0 Å². The molecular formula is C15H14N2. The Morgan fingerprint density at radius 3 is 2.53 bits per heavy atom. The number of aromatic nitrogens is 1. The number of nitrogen functional groups attached to an aromatic ring is 1. The number of aryl methyl sites for hydroxylation is 1. The van der Waals surface area contributed by atoms with Crippen LogP contribution in [0.4, 0.5) is 5.69 Å². The van der Waals surface area contributed by atoms with Gasteiger partial charge in [-0.1, -0.05) is 23.8 Å². The van der Waals surface area contributed by atoms with Crippen LogP contribution in [0.2, 0.25) is 0 Å². The second-order valence-electron chi connectivity index (χ2n) is 4.37. The number of rotatable bonds is 1. The molecule has 3 rings (SSSR count). The first-order valence-corrected chi connectivity index (χ1v) is 5.68. The number of H-pyrrole nitrogens is 1. The van der Waals surface area contributed by atoms with E-state index < -0.39 is 0 Å². The molecule has 2 heteroatoms. The maximum Gasteiger partial charge on any atom is 0.0460 e. The largest absolute Gasteiger partial charge is 0.399 e. The minimum atomic E-state index is 0.796. The number of hydrogen-bond acceptors (Lipinski definition) is 1. The van der Waals surface area contributed by atoms with E-state index in [1.165, 1.54) is 27.6 Å². The number of nitrogens with one attached hydrogen (secondary N) is 1. The van der Waals surface area contributed by atoms with E-state index >= 15 is 0 Å². The summed E-state index contributed by atoms with van der Waals surface area (Å²) in [5, 5.41) is 1.26. The van der Waals surface area contributed by atoms with Gasteiger partial charge >= 0.3 is 0 Å². The summed E-state index contributed by atoms with van der Waals surface area (Å²) in [5.74, 6) is 0. The van der Waals surface area contributed by atoms with Crippen LogP contribution in [-0.4, -0.2) is 4.98 Å². The number of nitrogens with two attached hydrogens (primary N) is 1. The molecule has 0 spiro atoms. The highest BCUT2D eigenvalue weighted by Gasteiger charge is 2.05. The van der Waals surface area contributed by atoms with Crippen molar-refractivity contribution >= 4 is 16.6 Å². The molecule has 0 saturated carbocycles. The van der Waals surface area contributed by atoms with Crippen molar-refractivity contribution < 1.29 is 0 Å². The number of benzene rings is 2. The van der Waals surface area contributed by atoms with Gasteiger partial charge in [0.1, 0.15) is 0 Å². The third-order valence-electron chi connectivity index (χ3n) is 3.06. The molecule has 0 saturated heterocycles. The van der Waals surface area contributed by atoms with Gasteiger partial charge in [-0.15, -0.1) is 0 Å². The SMILES string of the molecule is Cc1ccc2[nH]cc(-c3ccc(N)cc3)c2c1. The number of fused-ring (bicyclic) bond motifs is 1. The van der Waals surface area contributed by atoms with Crippen molar-refractivity contribution in [3.63, 3.8) is 0 Å². The zero-order valence-corrected chi connectivity index (χ0v) is 9.70. The van der Waals surface area contributed by atoms with Crippen LogP contribution in [-0.2, 0) is 0 Å². The van der Waals surface area contributed by atoms with Crippen molar-refractivity contribution in [3.05, 3.63) is 54.2 Å². The highest BCUT2D eigenvalue weighted by molar-refractivity contribution is 5.96. The van der Waals surface area contributed by atoms with E-state index in [9.17, 15) is 0 Å². The van der Waals surface area contributed by atoms with Crippen LogP contribution in [0.15, 0.2) is 48.7 Å². The Morgan fingerprint density at radius 2 is 1.76 bits per heavy atom. The van der Waals surface area contributed by atoms with Crippen molar-refractivity contribution in [3.8, 4) is 11.1 Å². The summed E-state index contributed by atoms with van der Waals surface area (Å²) in [6.07, 6.45) is 2.05. The van der Waals surface area contributed by atoms with Crippen molar-refractivity contribution in [2.45, 2.75) is 6.92 Å². The normalized spacial score (nSPS) is 10.9. The van der Waals surface area contributed by atoms with Crippen molar-refractivity contribution in [2.75, 3.05) is 5.73 Å². The van der Waals surface area contributed by atoms with Gasteiger partial charge in [0, 0.05) is 28.4 Å². The zero-order valence-electron chi connectivity index (χ0n) is 9.70. The van der Waals surface area contributed by atoms with Gasteiger partial charge in [-0.3, -0.25) is 0 Å². The highest BCUT2D eigenvalue weighted by Crippen LogP contribution is 2.29. The first-order valence-electron chi connectivity index (χ1n) is 5.68. The van der Waals surface area contributed by atoms with Crippen molar-refractivity contribution in [1.29, 1.82) is 0 Å². The van der Waals surface area contributed by atoms with Crippen LogP contribution in [0.1, 0.15) is 5.56 Å². The molecule has 0 amide bonds. The van der Waals surface area contributed by atoms with E-state index in [0.717, 1.165) is 5.69 Å². The fourth-order valence-corrected chi connectivity index (χ4v) is 2.14. The number of aromatic amines is 1. The van der Waals surface area contributed by atoms with E-state index in [2.05, 4.69) is 48.4 Å². The summed E-state index contributed by atoms with van der Waals surface area (Å²) in [6, 6.07) is 14.4. The third kappa shape index (κ3) is 1.68. The maximum atomic E-state index is 5.71. The van der Waals surface area contributed by atoms with Crippen LogP contribution < -0.4 is 5.73 Å². The van der Waals surface area contributed by atoms with E-state index in [4.69, 9.17) is 5.73 Å². The van der Waals surface area contributed by atoms with Crippen LogP contribution in [0.25, 0.3) is 22.0 Å². The summed E-state index contributed by atoms with van der Waals surface area (Å²) < 4.78 is 0. The van der Waals surface area contributed by atoms with Gasteiger partial charge in [-0.2, -0.15) is 0 Å². The van der Waals surface area contributed by atoms with Crippen LogP contribution in [0.3, 0.4) is 0 Å². The van der Waals surface area contributed by atoms with Gasteiger partial charge in [0.2, 0.25) is 0 Å². The Bertz CT molecular complexity index is 663. The third-order valence-corrected chi connectivity index (χ3v) is 3.06. The second kappa shape index (κ2) is 3.67. The molecule has 0 bridgehead atoms. The summed E-state index contributed by atoms with van der Waals surface area (Å²) in [4.78, 5) is 3.30. The zero-order chi connectivity index (χ0) is 11.8. The Morgan fingerprint density at radius 1 is 1.00 bits per heavy atom. The predicted octanol–water partition coefficient (Wildman–Crippen LogP) is 3.73. The highest BCUT2D eigenvalue weighted by atomic mass is 14.7. The first kappa shape index (κ1) is 9.97. The molecular weight excluding hydrogens is 208 g/mol. The van der Waals surface area contributed by atoms with Gasteiger partial charge in [-0.05, 0) is 36.8 Å². The summed E-state index contributed by atoms with van der Waals surface area (Å²) in [7, 11) is 0. The van der Waals surface area contributed by atoms with Gasteiger partial charge in [0.25, 0.3) is 0 Å². The van der Waals surface area contributed by atoms with Gasteiger partial charge in [0.15, 0.2) is 0 Å². The molecule has 0 unspecified atom stereocenters. The van der Waals surface area contributed by atoms with E-state index in [1.807, 2.05) is 12.1 Å². The van der Waals surface area contributed by atoms with Crippen LogP contribution in [0.5, 0.6) is 0 Å².